The predicted molar refractivity (Wildman–Crippen MR) is 296 cm³/mol. The van der Waals surface area contributed by atoms with E-state index in [0.29, 0.717) is 38.3 Å². The molecular weight excluding hydrogens is 941 g/mol. The lowest BCUT2D eigenvalue weighted by atomic mass is 9.95. The standard InChI is InChI=1S/C60H70N2O6S3/c1-6-11-14-15-18-45-37-50(38-46(39-61)60(63)64)69-57(45)42-19-25-47(26-20-42)62(48-27-21-43(22-28-48)58-55-53(65-31-33-67-55)51(70-58)35-40(9-4)16-12-7-2)49-29-23-44(24-30-49)59-56-54(66-32-34-68-56)52(71-59)36-41(10-5)17-13-8-3/h19-30,37-38,40-41H,6-18,31-36H2,1-5H3,(H,63,64)/b46-38+. The van der Waals surface area contributed by atoms with E-state index in [-0.39, 0.29) is 5.57 Å². The van der Waals surface area contributed by atoms with Crippen molar-refractivity contribution >= 4 is 63.1 Å². The zero-order chi connectivity index (χ0) is 49.7. The van der Waals surface area contributed by atoms with E-state index in [1.54, 1.807) is 11.3 Å². The number of carboxylic acids is 1. The molecule has 8 rings (SSSR count). The van der Waals surface area contributed by atoms with E-state index >= 15 is 0 Å². The molecule has 3 aromatic heterocycles. The van der Waals surface area contributed by atoms with Gasteiger partial charge in [-0.1, -0.05) is 142 Å². The molecule has 5 heterocycles. The quantitative estimate of drug-likeness (QED) is 0.0344. The Morgan fingerprint density at radius 2 is 1.04 bits per heavy atom. The second-order valence-corrected chi connectivity index (χ2v) is 22.2. The highest BCUT2D eigenvalue weighted by atomic mass is 32.1. The molecule has 2 aliphatic heterocycles. The van der Waals surface area contributed by atoms with Gasteiger partial charge in [0.1, 0.15) is 38.1 Å². The third-order valence-corrected chi connectivity index (χ3v) is 17.5. The first kappa shape index (κ1) is 51.8. The Morgan fingerprint density at radius 3 is 1.45 bits per heavy atom. The van der Waals surface area contributed by atoms with Crippen LogP contribution in [0, 0.1) is 23.2 Å². The van der Waals surface area contributed by atoms with E-state index in [2.05, 4.69) is 118 Å². The minimum Gasteiger partial charge on any atom is -0.485 e. The van der Waals surface area contributed by atoms with Gasteiger partial charge in [-0.15, -0.1) is 34.0 Å². The van der Waals surface area contributed by atoms with Crippen molar-refractivity contribution in [1.29, 1.82) is 5.26 Å². The summed E-state index contributed by atoms with van der Waals surface area (Å²) in [6, 6.07) is 30.3. The van der Waals surface area contributed by atoms with Crippen LogP contribution in [0.5, 0.6) is 23.0 Å². The average molecular weight is 1010 g/mol. The molecule has 3 aromatic carbocycles. The summed E-state index contributed by atoms with van der Waals surface area (Å²) in [6.07, 6.45) is 18.5. The van der Waals surface area contributed by atoms with Crippen LogP contribution in [-0.4, -0.2) is 37.5 Å². The lowest BCUT2D eigenvalue weighted by Crippen LogP contribution is -2.15. The predicted octanol–water partition coefficient (Wildman–Crippen LogP) is 17.5. The molecule has 2 atom stereocenters. The highest BCUT2D eigenvalue weighted by molar-refractivity contribution is 7.17. The molecule has 0 saturated carbocycles. The van der Waals surface area contributed by atoms with Crippen molar-refractivity contribution in [3.63, 3.8) is 0 Å². The number of aliphatic carboxylic acids is 1. The van der Waals surface area contributed by atoms with E-state index < -0.39 is 5.97 Å². The molecule has 0 aliphatic carbocycles. The number of rotatable bonds is 25. The summed E-state index contributed by atoms with van der Waals surface area (Å²) in [5.74, 6) is 3.63. The monoisotopic (exact) mass is 1010 g/mol. The molecule has 0 fully saturated rings. The third kappa shape index (κ3) is 12.4. The second-order valence-electron chi connectivity index (χ2n) is 18.9. The van der Waals surface area contributed by atoms with Crippen molar-refractivity contribution in [2.75, 3.05) is 31.3 Å². The molecule has 1 N–H and O–H groups in total. The molecule has 374 valence electrons. The Morgan fingerprint density at radius 1 is 0.606 bits per heavy atom. The lowest BCUT2D eigenvalue weighted by molar-refractivity contribution is -0.132. The number of ether oxygens (including phenoxy) is 4. The number of aryl methyl sites for hydroxylation is 1. The van der Waals surface area contributed by atoms with Crippen LogP contribution in [0.4, 0.5) is 17.1 Å². The normalized spacial score (nSPS) is 14.0. The first-order valence-electron chi connectivity index (χ1n) is 26.2. The highest BCUT2D eigenvalue weighted by Gasteiger charge is 2.29. The second kappa shape index (κ2) is 25.2. The van der Waals surface area contributed by atoms with Gasteiger partial charge in [0.05, 0.1) is 19.5 Å². The van der Waals surface area contributed by atoms with Gasteiger partial charge >= 0.3 is 5.97 Å². The van der Waals surface area contributed by atoms with Crippen LogP contribution in [0.2, 0.25) is 0 Å². The van der Waals surface area contributed by atoms with Gasteiger partial charge in [0, 0.05) is 26.8 Å². The molecule has 0 spiro atoms. The molecule has 0 bridgehead atoms. The maximum Gasteiger partial charge on any atom is 0.346 e. The van der Waals surface area contributed by atoms with Gasteiger partial charge in [-0.3, -0.25) is 0 Å². The van der Waals surface area contributed by atoms with Crippen LogP contribution < -0.4 is 23.8 Å². The molecule has 2 aliphatic rings. The van der Waals surface area contributed by atoms with Gasteiger partial charge < -0.3 is 29.0 Å². The van der Waals surface area contributed by atoms with E-state index in [1.165, 1.54) is 66.3 Å². The number of unbranched alkanes of at least 4 members (excludes halogenated alkanes) is 5. The van der Waals surface area contributed by atoms with Gasteiger partial charge in [0.25, 0.3) is 0 Å². The van der Waals surface area contributed by atoms with E-state index in [4.69, 9.17) is 18.9 Å². The number of benzene rings is 3. The van der Waals surface area contributed by atoms with Crippen LogP contribution in [-0.2, 0) is 24.1 Å². The number of carbonyl (C=O) groups is 1. The zero-order valence-electron chi connectivity index (χ0n) is 42.3. The minimum absolute atomic E-state index is 0.265. The maximum absolute atomic E-state index is 11.8. The number of anilines is 3. The Hall–Kier alpha value is -5.54. The first-order chi connectivity index (χ1) is 34.8. The van der Waals surface area contributed by atoms with Gasteiger partial charge in [0.2, 0.25) is 0 Å². The maximum atomic E-state index is 11.8. The lowest BCUT2D eigenvalue weighted by Gasteiger charge is -2.26. The number of nitriles is 1. The van der Waals surface area contributed by atoms with E-state index in [0.717, 1.165) is 128 Å². The number of nitrogens with zero attached hydrogens (tertiary/aromatic N) is 2. The Labute approximate surface area is 433 Å². The third-order valence-electron chi connectivity index (χ3n) is 13.9. The summed E-state index contributed by atoms with van der Waals surface area (Å²) in [5, 5.41) is 19.2. The summed E-state index contributed by atoms with van der Waals surface area (Å²) >= 11 is 5.17. The molecule has 0 amide bonds. The molecule has 8 nitrogen and oxygen atoms in total. The van der Waals surface area contributed by atoms with Crippen LogP contribution in [0.15, 0.2) is 84.4 Å². The van der Waals surface area contributed by atoms with Crippen molar-refractivity contribution in [3.8, 4) is 60.4 Å². The average Bonchev–Trinajstić information content (AvgIpc) is 4.11. The van der Waals surface area contributed by atoms with Gasteiger partial charge in [-0.25, -0.2) is 4.79 Å². The SMILES string of the molecule is CCCCCCc1cc(/C=C(\C#N)C(=O)O)sc1-c1ccc(N(c2ccc(-c3sc(CC(CC)CCCC)c4c3OCCO4)cc2)c2ccc(-c3sc(CC(CC)CCCC)c4c3OCCO4)cc2)cc1. The minimum atomic E-state index is -1.22. The van der Waals surface area contributed by atoms with Crippen LogP contribution >= 0.6 is 34.0 Å². The molecule has 0 radical (unpaired) electrons. The zero-order valence-corrected chi connectivity index (χ0v) is 44.7. The van der Waals surface area contributed by atoms with Crippen molar-refractivity contribution in [2.24, 2.45) is 11.8 Å². The van der Waals surface area contributed by atoms with E-state index in [1.807, 2.05) is 28.7 Å². The smallest absolute Gasteiger partial charge is 0.346 e. The van der Waals surface area contributed by atoms with E-state index in [9.17, 15) is 15.2 Å². The summed E-state index contributed by atoms with van der Waals surface area (Å²) in [7, 11) is 0. The number of thiophene rings is 3. The topological polar surface area (TPSA) is 101 Å². The summed E-state index contributed by atoms with van der Waals surface area (Å²) in [6.45, 7) is 13.6. The molecule has 11 heteroatoms. The van der Waals surface area contributed by atoms with Crippen molar-refractivity contribution < 1.29 is 28.8 Å². The largest absolute Gasteiger partial charge is 0.485 e. The van der Waals surface area contributed by atoms with Crippen molar-refractivity contribution in [3.05, 3.63) is 105 Å². The van der Waals surface area contributed by atoms with Crippen LogP contribution in [0.1, 0.15) is 132 Å². The fourth-order valence-electron chi connectivity index (χ4n) is 9.79. The van der Waals surface area contributed by atoms with Gasteiger partial charge in [-0.2, -0.15) is 5.26 Å². The molecule has 6 aromatic rings. The summed E-state index contributed by atoms with van der Waals surface area (Å²) in [5.41, 5.74) is 7.23. The van der Waals surface area contributed by atoms with Crippen molar-refractivity contribution in [2.45, 2.75) is 131 Å². The fourth-order valence-corrected chi connectivity index (χ4v) is 13.6. The fraction of sp³-hybridized carbons (Fsp3) is 0.433. The van der Waals surface area contributed by atoms with Crippen LogP contribution in [0.25, 0.3) is 37.4 Å². The Balaban J connectivity index is 1.16. The first-order valence-corrected chi connectivity index (χ1v) is 28.6. The van der Waals surface area contributed by atoms with Crippen molar-refractivity contribution in [1.82, 2.24) is 0 Å². The summed E-state index contributed by atoms with van der Waals surface area (Å²) in [4.78, 5) is 20.8. The Kier molecular flexibility index (Phi) is 18.4. The molecular formula is C60H70N2O6S3. The molecule has 0 saturated heterocycles. The number of hydrogen-bond acceptors (Lipinski definition) is 10. The Bertz CT molecular complexity index is 2640. The van der Waals surface area contributed by atoms with Gasteiger partial charge in [-0.05, 0) is 108 Å². The van der Waals surface area contributed by atoms with Crippen LogP contribution in [0.3, 0.4) is 0 Å². The van der Waals surface area contributed by atoms with Gasteiger partial charge in [0.15, 0.2) is 23.0 Å². The molecule has 2 unspecified atom stereocenters. The molecule has 71 heavy (non-hydrogen) atoms. The number of fused-ring (bicyclic) bond motifs is 2. The summed E-state index contributed by atoms with van der Waals surface area (Å²) < 4.78 is 25.4. The number of carboxylic acid groups (broad SMARTS) is 1. The highest BCUT2D eigenvalue weighted by Crippen LogP contribution is 2.53. The number of hydrogen-bond donors (Lipinski definition) is 1.